The highest BCUT2D eigenvalue weighted by molar-refractivity contribution is 5.95. The molecule has 0 fully saturated rings. The molecule has 1 atom stereocenters. The highest BCUT2D eigenvalue weighted by Gasteiger charge is 2.21. The average Bonchev–Trinajstić information content (AvgIpc) is 2.42. The smallest absolute Gasteiger partial charge is 0.326 e. The number of hydrogen-bond donors (Lipinski definition) is 3. The van der Waals surface area contributed by atoms with Gasteiger partial charge in [-0.15, -0.1) is 0 Å². The third-order valence-corrected chi connectivity index (χ3v) is 2.41. The van der Waals surface area contributed by atoms with Crippen LogP contribution in [0.2, 0.25) is 0 Å². The molecule has 0 bridgehead atoms. The number of carbonyl (C=O) groups is 3. The number of pyridine rings is 1. The number of carbonyl (C=O) groups excluding carboxylic acids is 2. The maximum absolute atomic E-state index is 11.8. The number of primary amides is 1. The van der Waals surface area contributed by atoms with Gasteiger partial charge in [-0.1, -0.05) is 0 Å². The molecule has 1 rings (SSSR count). The van der Waals surface area contributed by atoms with E-state index in [-0.39, 0.29) is 24.1 Å². The van der Waals surface area contributed by atoms with Gasteiger partial charge in [0.1, 0.15) is 17.8 Å². The molecule has 2 amide bonds. The zero-order valence-electron chi connectivity index (χ0n) is 10.4. The second kappa shape index (κ2) is 6.84. The van der Waals surface area contributed by atoms with Crippen LogP contribution in [-0.4, -0.2) is 33.9 Å². The van der Waals surface area contributed by atoms with E-state index in [4.69, 9.17) is 16.1 Å². The molecule has 1 aromatic rings. The molecule has 0 aromatic carbocycles. The lowest BCUT2D eigenvalue weighted by atomic mass is 10.1. The molecule has 8 nitrogen and oxygen atoms in total. The van der Waals surface area contributed by atoms with E-state index in [1.807, 2.05) is 6.07 Å². The third-order valence-electron chi connectivity index (χ3n) is 2.41. The molecule has 0 saturated carbocycles. The van der Waals surface area contributed by atoms with Gasteiger partial charge in [0.2, 0.25) is 5.91 Å². The van der Waals surface area contributed by atoms with E-state index in [9.17, 15) is 14.4 Å². The van der Waals surface area contributed by atoms with Crippen LogP contribution in [0.15, 0.2) is 18.3 Å². The minimum absolute atomic E-state index is 0.0191. The summed E-state index contributed by atoms with van der Waals surface area (Å²) < 4.78 is 0. The molecule has 4 N–H and O–H groups in total. The van der Waals surface area contributed by atoms with Crippen LogP contribution in [0.1, 0.15) is 28.9 Å². The van der Waals surface area contributed by atoms with Gasteiger partial charge in [-0.2, -0.15) is 5.26 Å². The Balaban J connectivity index is 2.72. The predicted molar refractivity (Wildman–Crippen MR) is 66.3 cm³/mol. The van der Waals surface area contributed by atoms with Crippen molar-refractivity contribution in [2.45, 2.75) is 18.9 Å². The van der Waals surface area contributed by atoms with Crippen molar-refractivity contribution >= 4 is 17.8 Å². The fraction of sp³-hybridized carbons (Fsp3) is 0.250. The Morgan fingerprint density at radius 3 is 2.60 bits per heavy atom. The van der Waals surface area contributed by atoms with Crippen LogP contribution in [0.5, 0.6) is 0 Å². The van der Waals surface area contributed by atoms with Crippen molar-refractivity contribution in [2.24, 2.45) is 5.73 Å². The second-order valence-electron chi connectivity index (χ2n) is 3.91. The predicted octanol–water partition coefficient (Wildman–Crippen LogP) is -0.598. The Morgan fingerprint density at radius 1 is 1.45 bits per heavy atom. The normalized spacial score (nSPS) is 11.2. The van der Waals surface area contributed by atoms with Crippen LogP contribution in [-0.2, 0) is 9.59 Å². The molecule has 0 saturated heterocycles. The number of carboxylic acid groups (broad SMARTS) is 1. The minimum atomic E-state index is -1.27. The summed E-state index contributed by atoms with van der Waals surface area (Å²) in [5.41, 5.74) is 5.19. The van der Waals surface area contributed by atoms with Gasteiger partial charge in [-0.3, -0.25) is 9.59 Å². The number of rotatable bonds is 6. The number of nitrogens with two attached hydrogens (primary N) is 1. The maximum Gasteiger partial charge on any atom is 0.326 e. The summed E-state index contributed by atoms with van der Waals surface area (Å²) in [6, 6.07) is 3.31. The first-order valence-corrected chi connectivity index (χ1v) is 5.62. The number of amides is 2. The summed E-state index contributed by atoms with van der Waals surface area (Å²) in [5.74, 6) is -2.62. The zero-order valence-corrected chi connectivity index (χ0v) is 10.4. The van der Waals surface area contributed by atoms with Crippen molar-refractivity contribution in [3.05, 3.63) is 29.6 Å². The molecule has 1 unspecified atom stereocenters. The minimum Gasteiger partial charge on any atom is -0.480 e. The fourth-order valence-corrected chi connectivity index (χ4v) is 1.37. The molecular weight excluding hydrogens is 264 g/mol. The third kappa shape index (κ3) is 4.38. The van der Waals surface area contributed by atoms with Crippen molar-refractivity contribution in [3.8, 4) is 6.07 Å². The fourth-order valence-electron chi connectivity index (χ4n) is 1.37. The molecule has 104 valence electrons. The van der Waals surface area contributed by atoms with Crippen LogP contribution >= 0.6 is 0 Å². The van der Waals surface area contributed by atoms with Crippen molar-refractivity contribution in [3.63, 3.8) is 0 Å². The van der Waals surface area contributed by atoms with Gasteiger partial charge in [0.15, 0.2) is 0 Å². The molecule has 1 aromatic heterocycles. The van der Waals surface area contributed by atoms with Crippen LogP contribution in [0, 0.1) is 11.3 Å². The van der Waals surface area contributed by atoms with Gasteiger partial charge in [-0.25, -0.2) is 9.78 Å². The average molecular weight is 276 g/mol. The summed E-state index contributed by atoms with van der Waals surface area (Å²) in [7, 11) is 0. The maximum atomic E-state index is 11.8. The number of aromatic nitrogens is 1. The quantitative estimate of drug-likeness (QED) is 0.632. The van der Waals surface area contributed by atoms with Gasteiger partial charge >= 0.3 is 5.97 Å². The summed E-state index contributed by atoms with van der Waals surface area (Å²) in [6.07, 6.45) is 0.943. The topological polar surface area (TPSA) is 146 Å². The largest absolute Gasteiger partial charge is 0.480 e. The van der Waals surface area contributed by atoms with Crippen LogP contribution in [0.3, 0.4) is 0 Å². The molecule has 0 aliphatic rings. The Hall–Kier alpha value is -2.95. The molecule has 0 radical (unpaired) electrons. The molecule has 0 aliphatic heterocycles. The summed E-state index contributed by atoms with van der Waals surface area (Å²) >= 11 is 0. The van der Waals surface area contributed by atoms with Crippen LogP contribution in [0.25, 0.3) is 0 Å². The second-order valence-corrected chi connectivity index (χ2v) is 3.91. The van der Waals surface area contributed by atoms with E-state index in [1.54, 1.807) is 0 Å². The molecule has 1 heterocycles. The molecular formula is C12H12N4O4. The van der Waals surface area contributed by atoms with Crippen molar-refractivity contribution < 1.29 is 19.5 Å². The lowest BCUT2D eigenvalue weighted by molar-refractivity contribution is -0.139. The first-order valence-electron chi connectivity index (χ1n) is 5.62. The first-order chi connectivity index (χ1) is 9.43. The Bertz CT molecular complexity index is 562. The summed E-state index contributed by atoms with van der Waals surface area (Å²) in [6.45, 7) is 0. The SMILES string of the molecule is N#Cc1ccc(C(=O)NC(CCC(N)=O)C(=O)O)nc1. The standard InChI is InChI=1S/C12H12N4O4/c13-5-7-1-2-8(15-6-7)11(18)16-9(12(19)20)3-4-10(14)17/h1-2,6,9H,3-4H2,(H2,14,17)(H,16,18)(H,19,20). The Morgan fingerprint density at radius 2 is 2.15 bits per heavy atom. The molecule has 0 spiro atoms. The molecule has 20 heavy (non-hydrogen) atoms. The summed E-state index contributed by atoms with van der Waals surface area (Å²) in [4.78, 5) is 37.1. The van der Waals surface area contributed by atoms with Crippen molar-refractivity contribution in [2.75, 3.05) is 0 Å². The first kappa shape index (κ1) is 15.1. The van der Waals surface area contributed by atoms with E-state index in [0.29, 0.717) is 0 Å². The molecule has 0 aliphatic carbocycles. The van der Waals surface area contributed by atoms with E-state index < -0.39 is 23.8 Å². The highest BCUT2D eigenvalue weighted by Crippen LogP contribution is 2.02. The monoisotopic (exact) mass is 276 g/mol. The lowest BCUT2D eigenvalue weighted by Crippen LogP contribution is -2.41. The van der Waals surface area contributed by atoms with E-state index in [0.717, 1.165) is 0 Å². The van der Waals surface area contributed by atoms with Crippen LogP contribution < -0.4 is 11.1 Å². The Kier molecular flexibility index (Phi) is 5.17. The number of nitriles is 1. The number of nitrogens with one attached hydrogen (secondary N) is 1. The zero-order chi connectivity index (χ0) is 15.1. The van der Waals surface area contributed by atoms with E-state index >= 15 is 0 Å². The lowest BCUT2D eigenvalue weighted by Gasteiger charge is -2.13. The van der Waals surface area contributed by atoms with Gasteiger partial charge in [0.05, 0.1) is 5.56 Å². The van der Waals surface area contributed by atoms with Gasteiger partial charge in [0, 0.05) is 12.6 Å². The van der Waals surface area contributed by atoms with E-state index in [2.05, 4.69) is 10.3 Å². The molecule has 8 heteroatoms. The number of aliphatic carboxylic acids is 1. The number of nitrogens with zero attached hydrogens (tertiary/aromatic N) is 2. The summed E-state index contributed by atoms with van der Waals surface area (Å²) in [5, 5.41) is 19.8. The van der Waals surface area contributed by atoms with E-state index in [1.165, 1.54) is 18.3 Å². The number of carboxylic acids is 1. The Labute approximate surface area is 114 Å². The highest BCUT2D eigenvalue weighted by atomic mass is 16.4. The van der Waals surface area contributed by atoms with Crippen LogP contribution in [0.4, 0.5) is 0 Å². The van der Waals surface area contributed by atoms with Gasteiger partial charge < -0.3 is 16.2 Å². The van der Waals surface area contributed by atoms with Crippen molar-refractivity contribution in [1.29, 1.82) is 5.26 Å². The van der Waals surface area contributed by atoms with Gasteiger partial charge in [0.25, 0.3) is 5.91 Å². The van der Waals surface area contributed by atoms with Crippen molar-refractivity contribution in [1.82, 2.24) is 10.3 Å². The van der Waals surface area contributed by atoms with Gasteiger partial charge in [-0.05, 0) is 18.6 Å². The number of hydrogen-bond acceptors (Lipinski definition) is 5.